The summed E-state index contributed by atoms with van der Waals surface area (Å²) in [6.45, 7) is 5.82. The van der Waals surface area contributed by atoms with Crippen LogP contribution in [0.3, 0.4) is 0 Å². The molecule has 0 spiro atoms. The number of nitrogens with zero attached hydrogens (tertiary/aromatic N) is 6. The predicted octanol–water partition coefficient (Wildman–Crippen LogP) is 2.33. The molecule has 38 heavy (non-hydrogen) atoms. The Morgan fingerprint density at radius 1 is 0.737 bits per heavy atom. The molecule has 16 nitrogen and oxygen atoms in total. The van der Waals surface area contributed by atoms with Crippen molar-refractivity contribution in [1.82, 2.24) is 0 Å². The number of carbonyl (C=O) groups is 2. The fraction of sp³-hybridized carbons (Fsp3) is 0.909. The molecule has 0 aromatic heterocycles. The van der Waals surface area contributed by atoms with Gasteiger partial charge in [0.2, 0.25) is 0 Å². The summed E-state index contributed by atoms with van der Waals surface area (Å²) in [6.07, 6.45) is 2.10. The summed E-state index contributed by atoms with van der Waals surface area (Å²) < 4.78 is 35.2. The minimum absolute atomic E-state index is 0.161. The zero-order valence-electron chi connectivity index (χ0n) is 22.4. The van der Waals surface area contributed by atoms with Gasteiger partial charge in [-0.15, -0.1) is 0 Å². The third kappa shape index (κ3) is 31.4. The van der Waals surface area contributed by atoms with E-state index in [1.54, 1.807) is 6.92 Å². The van der Waals surface area contributed by atoms with Crippen molar-refractivity contribution in [2.75, 3.05) is 92.9 Å². The lowest BCUT2D eigenvalue weighted by molar-refractivity contribution is -0.155. The third-order valence-electron chi connectivity index (χ3n) is 4.23. The molecular weight excluding hydrogens is 508 g/mol. The molecule has 1 unspecified atom stereocenters. The highest BCUT2D eigenvalue weighted by Gasteiger charge is 2.12. The van der Waals surface area contributed by atoms with Gasteiger partial charge in [0.05, 0.1) is 52.9 Å². The van der Waals surface area contributed by atoms with Crippen LogP contribution in [0.2, 0.25) is 0 Å². The molecule has 0 radical (unpaired) electrons. The molecule has 0 amide bonds. The van der Waals surface area contributed by atoms with E-state index in [0.29, 0.717) is 72.4 Å². The van der Waals surface area contributed by atoms with Crippen molar-refractivity contribution in [2.24, 2.45) is 10.2 Å². The average molecular weight is 551 g/mol. The first-order valence-electron chi connectivity index (χ1n) is 12.3. The summed E-state index contributed by atoms with van der Waals surface area (Å²) in [6, 6.07) is 0. The quantitative estimate of drug-likeness (QED) is 0.0575. The van der Waals surface area contributed by atoms with Gasteiger partial charge in [0.25, 0.3) is 0 Å². The van der Waals surface area contributed by atoms with Crippen LogP contribution in [-0.2, 0) is 42.7 Å². The van der Waals surface area contributed by atoms with E-state index in [1.165, 1.54) is 7.11 Å². The van der Waals surface area contributed by atoms with Gasteiger partial charge in [-0.25, -0.2) is 4.79 Å². The molecule has 1 atom stereocenters. The van der Waals surface area contributed by atoms with E-state index in [9.17, 15) is 9.59 Å². The number of methoxy groups -OCH3 is 1. The van der Waals surface area contributed by atoms with E-state index >= 15 is 0 Å². The largest absolute Gasteiger partial charge is 0.463 e. The molecule has 0 aliphatic carbocycles. The van der Waals surface area contributed by atoms with Crippen LogP contribution in [0.5, 0.6) is 0 Å². The van der Waals surface area contributed by atoms with E-state index < -0.39 is 12.1 Å². The molecule has 0 aliphatic heterocycles. The highest BCUT2D eigenvalue weighted by molar-refractivity contribution is 5.74. The first kappa shape index (κ1) is 37.5. The molecule has 220 valence electrons. The van der Waals surface area contributed by atoms with Crippen molar-refractivity contribution < 1.29 is 47.9 Å². The van der Waals surface area contributed by atoms with Crippen molar-refractivity contribution in [1.29, 1.82) is 0 Å². The summed E-state index contributed by atoms with van der Waals surface area (Å²) in [5.74, 6) is -0.649. The number of carbonyl (C=O) groups excluding carboxylic acids is 2. The number of aliphatic hydroxyl groups is 1. The standard InChI is InChI=1S/C12H23N3O5.C10H19N3O5/c13-15-14-5-7-18-8-9-19-10-11-20-12(17)4-2-1-3-6-16;1-9(15-2)10(14)18-8-7-17-6-5-16-4-3-12-13-11/h16H,1-11H2;9H,3-8H2,1-2H3. The molecule has 1 N–H and O–H groups in total. The van der Waals surface area contributed by atoms with Crippen molar-refractivity contribution in [3.8, 4) is 0 Å². The van der Waals surface area contributed by atoms with Gasteiger partial charge in [0, 0.05) is 43.1 Å². The summed E-state index contributed by atoms with van der Waals surface area (Å²) in [7, 11) is 1.44. The maximum atomic E-state index is 11.2. The number of esters is 2. The second kappa shape index (κ2) is 32.3. The molecule has 0 fully saturated rings. The lowest BCUT2D eigenvalue weighted by atomic mass is 10.2. The second-order valence-electron chi connectivity index (χ2n) is 7.16. The topological polar surface area (TPSA) is 216 Å². The van der Waals surface area contributed by atoms with E-state index in [2.05, 4.69) is 20.1 Å². The third-order valence-corrected chi connectivity index (χ3v) is 4.23. The normalized spacial score (nSPS) is 10.8. The van der Waals surface area contributed by atoms with Gasteiger partial charge < -0.3 is 38.3 Å². The van der Waals surface area contributed by atoms with E-state index in [1.807, 2.05) is 0 Å². The Hall–Kier alpha value is -2.68. The Morgan fingerprint density at radius 3 is 1.68 bits per heavy atom. The lowest BCUT2D eigenvalue weighted by Gasteiger charge is -2.09. The van der Waals surface area contributed by atoms with Gasteiger partial charge in [-0.3, -0.25) is 4.79 Å². The predicted molar refractivity (Wildman–Crippen MR) is 135 cm³/mol. The second-order valence-corrected chi connectivity index (χ2v) is 7.16. The minimum atomic E-state index is -0.561. The summed E-state index contributed by atoms with van der Waals surface area (Å²) in [4.78, 5) is 27.6. The highest BCUT2D eigenvalue weighted by Crippen LogP contribution is 2.00. The van der Waals surface area contributed by atoms with E-state index in [4.69, 9.17) is 49.3 Å². The Morgan fingerprint density at radius 2 is 1.21 bits per heavy atom. The van der Waals surface area contributed by atoms with Crippen molar-refractivity contribution in [3.05, 3.63) is 20.9 Å². The number of hydrogen-bond donors (Lipinski definition) is 1. The first-order chi connectivity index (χ1) is 18.5. The van der Waals surface area contributed by atoms with Gasteiger partial charge in [0.1, 0.15) is 13.2 Å². The van der Waals surface area contributed by atoms with Gasteiger partial charge in [0.15, 0.2) is 6.10 Å². The Labute approximate surface area is 223 Å². The molecule has 0 aliphatic rings. The number of aliphatic hydroxyl groups excluding tert-OH is 1. The maximum Gasteiger partial charge on any atom is 0.335 e. The Balaban J connectivity index is 0. The molecule has 16 heteroatoms. The van der Waals surface area contributed by atoms with Crippen LogP contribution in [0.15, 0.2) is 10.2 Å². The first-order valence-corrected chi connectivity index (χ1v) is 12.3. The van der Waals surface area contributed by atoms with Crippen LogP contribution in [-0.4, -0.2) is 116 Å². The molecule has 0 saturated heterocycles. The van der Waals surface area contributed by atoms with Crippen molar-refractivity contribution >= 4 is 11.9 Å². The molecule has 0 saturated carbocycles. The van der Waals surface area contributed by atoms with Crippen LogP contribution in [0.4, 0.5) is 0 Å². The molecule has 0 bridgehead atoms. The average Bonchev–Trinajstić information content (AvgIpc) is 2.93. The summed E-state index contributed by atoms with van der Waals surface area (Å²) in [5.41, 5.74) is 16.0. The number of azide groups is 2. The van der Waals surface area contributed by atoms with E-state index in [0.717, 1.165) is 19.3 Å². The SMILES string of the molecule is COC(C)C(=O)OCCOCCOCCN=[N+]=[N-].[N-]=[N+]=NCCOCCOCCOC(=O)CCCCCO. The fourth-order valence-electron chi connectivity index (χ4n) is 2.20. The molecular formula is C22H42N6O10. The smallest absolute Gasteiger partial charge is 0.335 e. The van der Waals surface area contributed by atoms with Gasteiger partial charge in [-0.2, -0.15) is 0 Å². The number of ether oxygens (including phenoxy) is 7. The molecule has 0 aromatic carbocycles. The zero-order chi connectivity index (χ0) is 28.5. The minimum Gasteiger partial charge on any atom is -0.463 e. The number of rotatable bonds is 25. The lowest BCUT2D eigenvalue weighted by Crippen LogP contribution is -2.23. The van der Waals surface area contributed by atoms with Crippen LogP contribution in [0.1, 0.15) is 32.6 Å². The summed E-state index contributed by atoms with van der Waals surface area (Å²) in [5, 5.41) is 15.2. The monoisotopic (exact) mass is 550 g/mol. The number of unbranched alkanes of at least 4 members (excludes halogenated alkanes) is 2. The number of hydrogen-bond acceptors (Lipinski definition) is 12. The van der Waals surface area contributed by atoms with Gasteiger partial charge in [-0.05, 0) is 30.8 Å². The fourth-order valence-corrected chi connectivity index (χ4v) is 2.20. The van der Waals surface area contributed by atoms with Crippen molar-refractivity contribution in [2.45, 2.75) is 38.7 Å². The molecule has 0 rings (SSSR count). The van der Waals surface area contributed by atoms with Crippen molar-refractivity contribution in [3.63, 3.8) is 0 Å². The Bertz CT molecular complexity index is 661. The summed E-state index contributed by atoms with van der Waals surface area (Å²) >= 11 is 0. The van der Waals surface area contributed by atoms with Crippen LogP contribution in [0, 0.1) is 0 Å². The van der Waals surface area contributed by atoms with Crippen LogP contribution in [0.25, 0.3) is 20.9 Å². The van der Waals surface area contributed by atoms with Crippen LogP contribution < -0.4 is 0 Å². The maximum absolute atomic E-state index is 11.2. The van der Waals surface area contributed by atoms with E-state index in [-0.39, 0.29) is 25.8 Å². The van der Waals surface area contributed by atoms with Gasteiger partial charge in [-0.1, -0.05) is 16.6 Å². The molecule has 0 aromatic rings. The van der Waals surface area contributed by atoms with Gasteiger partial charge >= 0.3 is 11.9 Å². The molecule has 0 heterocycles. The van der Waals surface area contributed by atoms with Crippen LogP contribution >= 0.6 is 0 Å². The zero-order valence-corrected chi connectivity index (χ0v) is 22.4. The Kier molecular flexibility index (Phi) is 31.9. The highest BCUT2D eigenvalue weighted by atomic mass is 16.6.